The number of amides is 1. The molecule has 1 amide bonds. The molecule has 0 aliphatic rings. The van der Waals surface area contributed by atoms with E-state index in [1.165, 1.54) is 4.57 Å². The van der Waals surface area contributed by atoms with Gasteiger partial charge in [0, 0.05) is 22.1 Å². The van der Waals surface area contributed by atoms with Crippen LogP contribution in [-0.4, -0.2) is 23.1 Å². The first-order valence-corrected chi connectivity index (χ1v) is 9.39. The summed E-state index contributed by atoms with van der Waals surface area (Å²) >= 11 is 4.45. The maximum absolute atomic E-state index is 11.9. The van der Waals surface area contributed by atoms with E-state index in [-0.39, 0.29) is 36.4 Å². The van der Waals surface area contributed by atoms with E-state index in [4.69, 9.17) is 4.74 Å². The van der Waals surface area contributed by atoms with Crippen LogP contribution in [0.1, 0.15) is 30.6 Å². The third kappa shape index (κ3) is 5.82. The third-order valence-electron chi connectivity index (χ3n) is 3.63. The number of benzene rings is 1. The molecular formula is C17H19BrN2O4S. The molecule has 1 aromatic carbocycles. The summed E-state index contributed by atoms with van der Waals surface area (Å²) in [6.07, 6.45) is 0.0486. The number of carbonyl (C=O) groups is 2. The fourth-order valence-electron chi connectivity index (χ4n) is 2.21. The summed E-state index contributed by atoms with van der Waals surface area (Å²) in [5.74, 6) is -0.878. The van der Waals surface area contributed by atoms with Gasteiger partial charge in [0.15, 0.2) is 6.61 Å². The van der Waals surface area contributed by atoms with Gasteiger partial charge in [-0.25, -0.2) is 0 Å². The molecule has 0 radical (unpaired) electrons. The molecule has 1 aromatic heterocycles. The molecule has 0 unspecified atom stereocenters. The second kappa shape index (κ2) is 8.96. The van der Waals surface area contributed by atoms with Crippen LogP contribution in [0.3, 0.4) is 0 Å². The van der Waals surface area contributed by atoms with E-state index in [0.29, 0.717) is 0 Å². The van der Waals surface area contributed by atoms with Crippen molar-refractivity contribution in [1.82, 2.24) is 9.88 Å². The Bertz CT molecular complexity index is 798. The van der Waals surface area contributed by atoms with Crippen LogP contribution < -0.4 is 10.2 Å². The van der Waals surface area contributed by atoms with Crippen LogP contribution in [0.5, 0.6) is 0 Å². The molecule has 8 heteroatoms. The molecule has 0 saturated heterocycles. The Labute approximate surface area is 157 Å². The minimum atomic E-state index is -0.510. The highest BCUT2D eigenvalue weighted by molar-refractivity contribution is 9.10. The van der Waals surface area contributed by atoms with Crippen LogP contribution in [0.25, 0.3) is 0 Å². The standard InChI is InChI=1S/C17H19BrN2O4S/c1-11-10-25-17(23)20(11)8-7-16(22)24-9-15(21)19-12(2)13-3-5-14(18)6-4-13/h3-6,10,12H,7-9H2,1-2H3,(H,19,21)/t12-/m1/s1. The number of halogens is 1. The van der Waals surface area contributed by atoms with E-state index in [0.717, 1.165) is 27.1 Å². The molecule has 0 fully saturated rings. The molecule has 0 bridgehead atoms. The van der Waals surface area contributed by atoms with E-state index in [2.05, 4.69) is 21.2 Å². The van der Waals surface area contributed by atoms with Crippen molar-refractivity contribution in [2.24, 2.45) is 0 Å². The summed E-state index contributed by atoms with van der Waals surface area (Å²) in [7, 11) is 0. The highest BCUT2D eigenvalue weighted by Gasteiger charge is 2.13. The van der Waals surface area contributed by atoms with Gasteiger partial charge in [0.2, 0.25) is 0 Å². The molecule has 0 spiro atoms. The van der Waals surface area contributed by atoms with Crippen molar-refractivity contribution in [1.29, 1.82) is 0 Å². The maximum Gasteiger partial charge on any atom is 0.308 e. The number of ether oxygens (including phenoxy) is 1. The predicted octanol–water partition coefficient (Wildman–Crippen LogP) is 2.79. The molecule has 1 heterocycles. The topological polar surface area (TPSA) is 77.4 Å². The Hall–Kier alpha value is -1.93. The smallest absolute Gasteiger partial charge is 0.308 e. The second-order valence-corrected chi connectivity index (χ2v) is 7.28. The number of carbonyl (C=O) groups excluding carboxylic acids is 2. The number of nitrogens with one attached hydrogen (secondary N) is 1. The average Bonchev–Trinajstić information content (AvgIpc) is 2.90. The lowest BCUT2D eigenvalue weighted by Gasteiger charge is -2.14. The van der Waals surface area contributed by atoms with Gasteiger partial charge in [0.25, 0.3) is 5.91 Å². The van der Waals surface area contributed by atoms with Crippen LogP contribution in [0, 0.1) is 6.92 Å². The number of aromatic nitrogens is 1. The van der Waals surface area contributed by atoms with Crippen LogP contribution in [0.2, 0.25) is 0 Å². The van der Waals surface area contributed by atoms with E-state index in [9.17, 15) is 14.4 Å². The molecule has 6 nitrogen and oxygen atoms in total. The Kier molecular flexibility index (Phi) is 6.95. The van der Waals surface area contributed by atoms with Gasteiger partial charge in [0.1, 0.15) is 0 Å². The summed E-state index contributed by atoms with van der Waals surface area (Å²) < 4.78 is 7.44. The van der Waals surface area contributed by atoms with Gasteiger partial charge in [0.05, 0.1) is 12.5 Å². The first kappa shape index (κ1) is 19.4. The average molecular weight is 427 g/mol. The Morgan fingerprint density at radius 1 is 1.32 bits per heavy atom. The fourth-order valence-corrected chi connectivity index (χ4v) is 3.24. The van der Waals surface area contributed by atoms with E-state index >= 15 is 0 Å². The van der Waals surface area contributed by atoms with Crippen molar-refractivity contribution in [2.45, 2.75) is 32.9 Å². The molecule has 0 saturated carbocycles. The molecule has 1 N–H and O–H groups in total. The van der Waals surface area contributed by atoms with Crippen molar-refractivity contribution < 1.29 is 14.3 Å². The number of esters is 1. The van der Waals surface area contributed by atoms with Gasteiger partial charge in [-0.15, -0.1) is 0 Å². The lowest BCUT2D eigenvalue weighted by atomic mass is 10.1. The molecular weight excluding hydrogens is 408 g/mol. The van der Waals surface area contributed by atoms with Gasteiger partial charge in [-0.05, 0) is 31.5 Å². The second-order valence-electron chi connectivity index (χ2n) is 5.55. The number of rotatable bonds is 7. The zero-order valence-corrected chi connectivity index (χ0v) is 16.4. The zero-order valence-electron chi connectivity index (χ0n) is 14.0. The van der Waals surface area contributed by atoms with Gasteiger partial charge >= 0.3 is 10.8 Å². The molecule has 25 heavy (non-hydrogen) atoms. The molecule has 0 aliphatic carbocycles. The number of hydrogen-bond donors (Lipinski definition) is 1. The van der Waals surface area contributed by atoms with Gasteiger partial charge in [-0.3, -0.25) is 14.4 Å². The molecule has 0 aliphatic heterocycles. The Morgan fingerprint density at radius 3 is 2.60 bits per heavy atom. The first-order valence-electron chi connectivity index (χ1n) is 7.72. The van der Waals surface area contributed by atoms with E-state index in [1.54, 1.807) is 12.3 Å². The minimum absolute atomic E-state index is 0.0486. The summed E-state index contributed by atoms with van der Waals surface area (Å²) in [6, 6.07) is 7.41. The SMILES string of the molecule is Cc1csc(=O)n1CCC(=O)OCC(=O)N[C@H](C)c1ccc(Br)cc1. The first-order chi connectivity index (χ1) is 11.9. The van der Waals surface area contributed by atoms with Crippen LogP contribution in [-0.2, 0) is 20.9 Å². The summed E-state index contributed by atoms with van der Waals surface area (Å²) in [5, 5.41) is 4.51. The number of hydrogen-bond acceptors (Lipinski definition) is 5. The number of nitrogens with zero attached hydrogens (tertiary/aromatic N) is 1. The lowest BCUT2D eigenvalue weighted by Crippen LogP contribution is -2.31. The normalized spacial score (nSPS) is 11.8. The Balaban J connectivity index is 1.74. The lowest BCUT2D eigenvalue weighted by molar-refractivity contribution is -0.148. The summed E-state index contributed by atoms with van der Waals surface area (Å²) in [5.41, 5.74) is 1.76. The van der Waals surface area contributed by atoms with E-state index in [1.807, 2.05) is 31.2 Å². The molecule has 2 aromatic rings. The van der Waals surface area contributed by atoms with Gasteiger partial charge < -0.3 is 14.6 Å². The number of aryl methyl sites for hydroxylation is 1. The van der Waals surface area contributed by atoms with Crippen molar-refractivity contribution in [3.05, 3.63) is 55.0 Å². The molecule has 134 valence electrons. The van der Waals surface area contributed by atoms with Crippen LogP contribution in [0.15, 0.2) is 38.9 Å². The minimum Gasteiger partial charge on any atom is -0.456 e. The van der Waals surface area contributed by atoms with Crippen molar-refractivity contribution in [3.63, 3.8) is 0 Å². The Morgan fingerprint density at radius 2 is 2.00 bits per heavy atom. The van der Waals surface area contributed by atoms with E-state index < -0.39 is 5.97 Å². The van der Waals surface area contributed by atoms with Crippen LogP contribution in [0.4, 0.5) is 0 Å². The maximum atomic E-state index is 11.9. The highest BCUT2D eigenvalue weighted by atomic mass is 79.9. The summed E-state index contributed by atoms with van der Waals surface area (Å²) in [4.78, 5) is 35.1. The largest absolute Gasteiger partial charge is 0.456 e. The van der Waals surface area contributed by atoms with Crippen molar-refractivity contribution >= 4 is 39.1 Å². The predicted molar refractivity (Wildman–Crippen MR) is 99.6 cm³/mol. The zero-order chi connectivity index (χ0) is 18.4. The fraction of sp³-hybridized carbons (Fsp3) is 0.353. The highest BCUT2D eigenvalue weighted by Crippen LogP contribution is 2.16. The van der Waals surface area contributed by atoms with Crippen LogP contribution >= 0.6 is 27.3 Å². The van der Waals surface area contributed by atoms with Gasteiger partial charge in [-0.2, -0.15) is 0 Å². The molecule has 1 atom stereocenters. The number of thiazole rings is 1. The summed E-state index contributed by atoms with van der Waals surface area (Å²) in [6.45, 7) is 3.58. The van der Waals surface area contributed by atoms with Crippen molar-refractivity contribution in [3.8, 4) is 0 Å². The van der Waals surface area contributed by atoms with Gasteiger partial charge in [-0.1, -0.05) is 39.4 Å². The van der Waals surface area contributed by atoms with Crippen molar-refractivity contribution in [2.75, 3.05) is 6.61 Å². The monoisotopic (exact) mass is 426 g/mol. The quantitative estimate of drug-likeness (QED) is 0.690. The molecule has 2 rings (SSSR count). The third-order valence-corrected chi connectivity index (χ3v) is 5.04.